The van der Waals surface area contributed by atoms with E-state index in [1.807, 2.05) is 25.3 Å². The Kier molecular flexibility index (Phi) is 4.98. The van der Waals surface area contributed by atoms with E-state index in [2.05, 4.69) is 21.2 Å². The zero-order valence-electron chi connectivity index (χ0n) is 10.8. The first-order valence-corrected chi connectivity index (χ1v) is 7.76. The third-order valence-electron chi connectivity index (χ3n) is 2.12. The van der Waals surface area contributed by atoms with E-state index >= 15 is 0 Å². The Bertz CT molecular complexity index is 523. The van der Waals surface area contributed by atoms with Crippen LogP contribution < -0.4 is 0 Å². The molecule has 5 nitrogen and oxygen atoms in total. The fraction of sp³-hybridized carbons (Fsp3) is 0.417. The molecule has 0 aliphatic rings. The minimum atomic E-state index is -0.246. The van der Waals surface area contributed by atoms with Gasteiger partial charge in [-0.15, -0.1) is 16.4 Å². The fourth-order valence-corrected chi connectivity index (χ4v) is 2.73. The lowest BCUT2D eigenvalue weighted by Crippen LogP contribution is -2.13. The summed E-state index contributed by atoms with van der Waals surface area (Å²) in [5, 5.41) is 9.56. The summed E-state index contributed by atoms with van der Waals surface area (Å²) in [6.07, 6.45) is 0.649. The summed E-state index contributed by atoms with van der Waals surface area (Å²) in [5.41, 5.74) is 0. The van der Waals surface area contributed by atoms with Gasteiger partial charge in [-0.3, -0.25) is 9.89 Å². The zero-order valence-corrected chi connectivity index (χ0v) is 12.4. The number of aromatic nitrogens is 3. The van der Waals surface area contributed by atoms with E-state index < -0.39 is 0 Å². The molecule has 0 spiro atoms. The highest BCUT2D eigenvalue weighted by atomic mass is 32.2. The molecule has 2 rings (SSSR count). The molecule has 0 fully saturated rings. The molecule has 0 saturated carbocycles. The normalized spacial score (nSPS) is 10.9. The third-order valence-corrected chi connectivity index (χ3v) is 3.82. The summed E-state index contributed by atoms with van der Waals surface area (Å²) in [6.45, 7) is 3.66. The Labute approximate surface area is 119 Å². The van der Waals surface area contributed by atoms with Crippen molar-refractivity contribution >= 4 is 29.1 Å². The third kappa shape index (κ3) is 4.68. The molecule has 0 aliphatic heterocycles. The highest BCUT2D eigenvalue weighted by Crippen LogP contribution is 2.16. The summed E-state index contributed by atoms with van der Waals surface area (Å²) < 4.78 is 5.04. The van der Waals surface area contributed by atoms with Crippen LogP contribution in [0.25, 0.3) is 0 Å². The number of thioether (sulfide) groups is 1. The van der Waals surface area contributed by atoms with E-state index in [1.54, 1.807) is 11.3 Å². The van der Waals surface area contributed by atoms with Crippen LogP contribution in [0.2, 0.25) is 0 Å². The number of ether oxygens (including phenoxy) is 1. The summed E-state index contributed by atoms with van der Waals surface area (Å²) in [5.74, 6) is 0.792. The summed E-state index contributed by atoms with van der Waals surface area (Å²) in [6, 6.07) is 4.06. The molecule has 0 amide bonds. The van der Waals surface area contributed by atoms with E-state index in [4.69, 9.17) is 4.74 Å². The van der Waals surface area contributed by atoms with Crippen molar-refractivity contribution in [1.82, 2.24) is 15.2 Å². The van der Waals surface area contributed by atoms with Gasteiger partial charge in [-0.1, -0.05) is 17.8 Å². The van der Waals surface area contributed by atoms with Gasteiger partial charge in [-0.25, -0.2) is 4.98 Å². The van der Waals surface area contributed by atoms with Gasteiger partial charge < -0.3 is 4.74 Å². The number of hydrogen-bond donors (Lipinski definition) is 1. The number of carbonyl (C=O) groups is 1. The van der Waals surface area contributed by atoms with Crippen LogP contribution in [0.3, 0.4) is 0 Å². The SMILES string of the molecule is CC(C)OC(=O)CSc1n[nH]c(Cc2cccs2)n1. The van der Waals surface area contributed by atoms with Crippen LogP contribution in [-0.4, -0.2) is 33.0 Å². The standard InChI is InChI=1S/C12H15N3O2S2/c1-8(2)17-11(16)7-19-12-13-10(14-15-12)6-9-4-3-5-18-9/h3-5,8H,6-7H2,1-2H3,(H,13,14,15). The molecular formula is C12H15N3O2S2. The second-order valence-corrected chi connectivity index (χ2v) is 6.12. The van der Waals surface area contributed by atoms with Gasteiger partial charge in [0.2, 0.25) is 5.16 Å². The molecule has 7 heteroatoms. The van der Waals surface area contributed by atoms with Gasteiger partial charge >= 0.3 is 5.97 Å². The maximum absolute atomic E-state index is 11.4. The molecule has 0 saturated heterocycles. The summed E-state index contributed by atoms with van der Waals surface area (Å²) in [4.78, 5) is 16.9. The topological polar surface area (TPSA) is 67.9 Å². The maximum atomic E-state index is 11.4. The van der Waals surface area contributed by atoms with Gasteiger partial charge in [-0.2, -0.15) is 0 Å². The van der Waals surface area contributed by atoms with Crippen molar-refractivity contribution in [1.29, 1.82) is 0 Å². The molecule has 2 aromatic heterocycles. The number of esters is 1. The summed E-state index contributed by atoms with van der Waals surface area (Å²) >= 11 is 2.96. The summed E-state index contributed by atoms with van der Waals surface area (Å²) in [7, 11) is 0. The lowest BCUT2D eigenvalue weighted by atomic mass is 10.3. The smallest absolute Gasteiger partial charge is 0.316 e. The Hall–Kier alpha value is -1.34. The van der Waals surface area contributed by atoms with Crippen molar-refractivity contribution in [3.63, 3.8) is 0 Å². The van der Waals surface area contributed by atoms with E-state index in [0.717, 1.165) is 12.2 Å². The first kappa shape index (κ1) is 14.1. The van der Waals surface area contributed by atoms with Crippen molar-refractivity contribution in [2.45, 2.75) is 31.5 Å². The average molecular weight is 297 g/mol. The number of rotatable bonds is 6. The molecule has 0 atom stereocenters. The molecule has 2 aromatic rings. The predicted molar refractivity (Wildman–Crippen MR) is 75.5 cm³/mol. The Balaban J connectivity index is 1.82. The number of aromatic amines is 1. The molecule has 0 aromatic carbocycles. The van der Waals surface area contributed by atoms with Crippen molar-refractivity contribution in [3.8, 4) is 0 Å². The maximum Gasteiger partial charge on any atom is 0.316 e. The molecule has 102 valence electrons. The molecule has 0 aliphatic carbocycles. The largest absolute Gasteiger partial charge is 0.462 e. The quantitative estimate of drug-likeness (QED) is 0.655. The van der Waals surface area contributed by atoms with Gasteiger partial charge in [-0.05, 0) is 25.3 Å². The van der Waals surface area contributed by atoms with Crippen molar-refractivity contribution < 1.29 is 9.53 Å². The van der Waals surface area contributed by atoms with Crippen LogP contribution in [0, 0.1) is 0 Å². The second-order valence-electron chi connectivity index (χ2n) is 4.15. The highest BCUT2D eigenvalue weighted by molar-refractivity contribution is 7.99. The van der Waals surface area contributed by atoms with Gasteiger partial charge in [0.1, 0.15) is 5.82 Å². The lowest BCUT2D eigenvalue weighted by molar-refractivity contribution is -0.144. The Morgan fingerprint density at radius 2 is 2.42 bits per heavy atom. The number of H-pyrrole nitrogens is 1. The van der Waals surface area contributed by atoms with Crippen LogP contribution in [0.4, 0.5) is 0 Å². The molecule has 19 heavy (non-hydrogen) atoms. The minimum absolute atomic E-state index is 0.0883. The van der Waals surface area contributed by atoms with Crippen LogP contribution in [-0.2, 0) is 16.0 Å². The van der Waals surface area contributed by atoms with Crippen molar-refractivity contribution in [3.05, 3.63) is 28.2 Å². The van der Waals surface area contributed by atoms with Crippen LogP contribution in [0.1, 0.15) is 24.5 Å². The molecule has 0 unspecified atom stereocenters. The Morgan fingerprint density at radius 3 is 3.11 bits per heavy atom. The van der Waals surface area contributed by atoms with Gasteiger partial charge in [0.15, 0.2) is 0 Å². The number of nitrogens with zero attached hydrogens (tertiary/aromatic N) is 2. The van der Waals surface area contributed by atoms with Crippen molar-refractivity contribution in [2.75, 3.05) is 5.75 Å². The molecule has 0 bridgehead atoms. The molecule has 2 heterocycles. The Morgan fingerprint density at radius 1 is 1.58 bits per heavy atom. The monoisotopic (exact) mass is 297 g/mol. The average Bonchev–Trinajstić information content (AvgIpc) is 2.98. The lowest BCUT2D eigenvalue weighted by Gasteiger charge is -2.05. The molecule has 0 radical (unpaired) electrons. The number of thiophene rings is 1. The van der Waals surface area contributed by atoms with E-state index in [9.17, 15) is 4.79 Å². The first-order valence-electron chi connectivity index (χ1n) is 5.89. The van der Waals surface area contributed by atoms with E-state index in [-0.39, 0.29) is 17.8 Å². The second kappa shape index (κ2) is 6.72. The highest BCUT2D eigenvalue weighted by Gasteiger charge is 2.10. The van der Waals surface area contributed by atoms with E-state index in [0.29, 0.717) is 5.16 Å². The van der Waals surface area contributed by atoms with Gasteiger partial charge in [0, 0.05) is 11.3 Å². The van der Waals surface area contributed by atoms with Crippen molar-refractivity contribution in [2.24, 2.45) is 0 Å². The van der Waals surface area contributed by atoms with Crippen LogP contribution in [0.5, 0.6) is 0 Å². The molecule has 1 N–H and O–H groups in total. The van der Waals surface area contributed by atoms with Gasteiger partial charge in [0.05, 0.1) is 11.9 Å². The van der Waals surface area contributed by atoms with Gasteiger partial charge in [0.25, 0.3) is 0 Å². The number of nitrogens with one attached hydrogen (secondary N) is 1. The van der Waals surface area contributed by atoms with Crippen LogP contribution >= 0.6 is 23.1 Å². The number of carbonyl (C=O) groups excluding carboxylic acids is 1. The first-order chi connectivity index (χ1) is 9.13. The fourth-order valence-electron chi connectivity index (χ4n) is 1.42. The minimum Gasteiger partial charge on any atom is -0.462 e. The molecular weight excluding hydrogens is 282 g/mol. The zero-order chi connectivity index (χ0) is 13.7. The number of hydrogen-bond acceptors (Lipinski definition) is 6. The predicted octanol–water partition coefficient (Wildman–Crippen LogP) is 2.50. The van der Waals surface area contributed by atoms with Crippen LogP contribution in [0.15, 0.2) is 22.7 Å². The van der Waals surface area contributed by atoms with E-state index in [1.165, 1.54) is 16.6 Å².